The standard InChI is InChI=1S/C27H54O4/c1-11-17-19-21(13-3)23(26(7,8)15-5)29-25(28)31-30-24(27(9,10)16-6)22(14-4)20-18-12-2/h21-24H,11-20H2,1-10H3. The summed E-state index contributed by atoms with van der Waals surface area (Å²) in [7, 11) is 0. The zero-order valence-corrected chi connectivity index (χ0v) is 22.5. The number of carbonyl (C=O) groups is 1. The lowest BCUT2D eigenvalue weighted by molar-refractivity contribution is -0.323. The fourth-order valence-electron chi connectivity index (χ4n) is 4.43. The van der Waals surface area contributed by atoms with Crippen LogP contribution in [-0.2, 0) is 14.5 Å². The summed E-state index contributed by atoms with van der Waals surface area (Å²) >= 11 is 0. The molecule has 0 saturated heterocycles. The summed E-state index contributed by atoms with van der Waals surface area (Å²) in [6, 6.07) is 0. The van der Waals surface area contributed by atoms with Gasteiger partial charge < -0.3 is 4.74 Å². The van der Waals surface area contributed by atoms with Crippen LogP contribution in [0.4, 0.5) is 4.79 Å². The van der Waals surface area contributed by atoms with Crippen LogP contribution < -0.4 is 0 Å². The van der Waals surface area contributed by atoms with Crippen LogP contribution in [0, 0.1) is 22.7 Å². The average Bonchev–Trinajstić information content (AvgIpc) is 2.75. The van der Waals surface area contributed by atoms with E-state index >= 15 is 0 Å². The van der Waals surface area contributed by atoms with Gasteiger partial charge in [-0.05, 0) is 49.4 Å². The number of hydrogen-bond acceptors (Lipinski definition) is 4. The van der Waals surface area contributed by atoms with Gasteiger partial charge in [0, 0.05) is 5.41 Å². The van der Waals surface area contributed by atoms with Gasteiger partial charge in [0.25, 0.3) is 0 Å². The van der Waals surface area contributed by atoms with Gasteiger partial charge >= 0.3 is 6.16 Å². The fraction of sp³-hybridized carbons (Fsp3) is 0.963. The summed E-state index contributed by atoms with van der Waals surface area (Å²) in [5.74, 6) is 0.691. The van der Waals surface area contributed by atoms with Crippen molar-refractivity contribution in [1.82, 2.24) is 0 Å². The smallest absolute Gasteiger partial charge is 0.428 e. The molecular weight excluding hydrogens is 388 g/mol. The lowest BCUT2D eigenvalue weighted by Crippen LogP contribution is -2.41. The summed E-state index contributed by atoms with van der Waals surface area (Å²) in [6.07, 6.45) is 9.64. The predicted octanol–water partition coefficient (Wildman–Crippen LogP) is 9.11. The van der Waals surface area contributed by atoms with Crippen molar-refractivity contribution in [2.75, 3.05) is 0 Å². The number of rotatable bonds is 17. The van der Waals surface area contributed by atoms with E-state index in [0.717, 1.165) is 64.2 Å². The van der Waals surface area contributed by atoms with E-state index in [-0.39, 0.29) is 23.0 Å². The molecule has 0 fully saturated rings. The summed E-state index contributed by atoms with van der Waals surface area (Å²) in [4.78, 5) is 24.0. The molecule has 0 saturated carbocycles. The number of unbranched alkanes of at least 4 members (excludes halogenated alkanes) is 2. The van der Waals surface area contributed by atoms with Crippen molar-refractivity contribution in [2.45, 2.75) is 146 Å². The molecule has 0 radical (unpaired) electrons. The second-order valence-corrected chi connectivity index (χ2v) is 10.7. The molecule has 0 aromatic carbocycles. The fourth-order valence-corrected chi connectivity index (χ4v) is 4.43. The quantitative estimate of drug-likeness (QED) is 0.128. The molecule has 4 unspecified atom stereocenters. The van der Waals surface area contributed by atoms with Crippen molar-refractivity contribution in [1.29, 1.82) is 0 Å². The van der Waals surface area contributed by atoms with Gasteiger partial charge in [0.2, 0.25) is 0 Å². The van der Waals surface area contributed by atoms with E-state index in [4.69, 9.17) is 14.5 Å². The van der Waals surface area contributed by atoms with E-state index in [9.17, 15) is 4.79 Å². The maximum Gasteiger partial charge on any atom is 0.540 e. The molecule has 0 bridgehead atoms. The van der Waals surface area contributed by atoms with Crippen molar-refractivity contribution < 1.29 is 19.3 Å². The number of ether oxygens (including phenoxy) is 1. The summed E-state index contributed by atoms with van der Waals surface area (Å²) in [5, 5.41) is 0. The Balaban J connectivity index is 5.37. The Bertz CT molecular complexity index is 472. The van der Waals surface area contributed by atoms with Crippen molar-refractivity contribution in [2.24, 2.45) is 22.7 Å². The van der Waals surface area contributed by atoms with E-state index in [1.807, 2.05) is 0 Å². The molecule has 0 aliphatic rings. The first-order valence-electron chi connectivity index (χ1n) is 13.1. The molecule has 0 aliphatic heterocycles. The topological polar surface area (TPSA) is 44.8 Å². The Morgan fingerprint density at radius 3 is 1.52 bits per heavy atom. The maximum absolute atomic E-state index is 12.8. The monoisotopic (exact) mass is 442 g/mol. The van der Waals surface area contributed by atoms with Crippen LogP contribution in [0.2, 0.25) is 0 Å². The predicted molar refractivity (Wildman–Crippen MR) is 131 cm³/mol. The van der Waals surface area contributed by atoms with Gasteiger partial charge in [-0.1, -0.05) is 101 Å². The summed E-state index contributed by atoms with van der Waals surface area (Å²) in [6.45, 7) is 21.9. The van der Waals surface area contributed by atoms with E-state index in [0.29, 0.717) is 11.8 Å². The van der Waals surface area contributed by atoms with Gasteiger partial charge in [0.1, 0.15) is 12.2 Å². The molecule has 31 heavy (non-hydrogen) atoms. The highest BCUT2D eigenvalue weighted by molar-refractivity contribution is 5.59. The minimum absolute atomic E-state index is 0.0795. The van der Waals surface area contributed by atoms with Gasteiger partial charge in [-0.25, -0.2) is 4.79 Å². The van der Waals surface area contributed by atoms with Gasteiger partial charge in [-0.15, -0.1) is 0 Å². The lowest BCUT2D eigenvalue weighted by Gasteiger charge is -2.39. The Hall–Kier alpha value is -0.770. The molecule has 0 amide bonds. The highest BCUT2D eigenvalue weighted by Crippen LogP contribution is 2.38. The van der Waals surface area contributed by atoms with Crippen molar-refractivity contribution >= 4 is 6.16 Å². The van der Waals surface area contributed by atoms with E-state index in [1.165, 1.54) is 0 Å². The van der Waals surface area contributed by atoms with Gasteiger partial charge in [-0.2, -0.15) is 4.89 Å². The van der Waals surface area contributed by atoms with Crippen molar-refractivity contribution in [3.63, 3.8) is 0 Å². The Labute approximate surface area is 194 Å². The third-order valence-electron chi connectivity index (χ3n) is 7.57. The van der Waals surface area contributed by atoms with E-state index < -0.39 is 6.16 Å². The molecular formula is C27H54O4. The van der Waals surface area contributed by atoms with Gasteiger partial charge in [0.15, 0.2) is 0 Å². The zero-order valence-electron chi connectivity index (χ0n) is 22.5. The largest absolute Gasteiger partial charge is 0.540 e. The van der Waals surface area contributed by atoms with Crippen LogP contribution in [-0.4, -0.2) is 18.4 Å². The molecule has 0 N–H and O–H groups in total. The van der Waals surface area contributed by atoms with Crippen LogP contribution in [0.5, 0.6) is 0 Å². The molecule has 4 atom stereocenters. The summed E-state index contributed by atoms with van der Waals surface area (Å²) in [5.41, 5.74) is -0.188. The van der Waals surface area contributed by atoms with Crippen LogP contribution in [0.1, 0.15) is 133 Å². The SMILES string of the molecule is CCCCC(CC)C(OOC(=O)OC(C(CC)CCCC)C(C)(C)CC)C(C)(C)CC. The highest BCUT2D eigenvalue weighted by Gasteiger charge is 2.39. The Morgan fingerprint density at radius 2 is 1.13 bits per heavy atom. The van der Waals surface area contributed by atoms with Gasteiger partial charge in [0.05, 0.1) is 0 Å². The van der Waals surface area contributed by atoms with E-state index in [2.05, 4.69) is 69.2 Å². The number of hydrogen-bond donors (Lipinski definition) is 0. The van der Waals surface area contributed by atoms with Crippen LogP contribution in [0.25, 0.3) is 0 Å². The Kier molecular flexibility index (Phi) is 14.8. The summed E-state index contributed by atoms with van der Waals surface area (Å²) < 4.78 is 5.96. The second-order valence-electron chi connectivity index (χ2n) is 10.7. The molecule has 0 spiro atoms. The zero-order chi connectivity index (χ0) is 24.1. The third-order valence-corrected chi connectivity index (χ3v) is 7.57. The van der Waals surface area contributed by atoms with Crippen LogP contribution in [0.3, 0.4) is 0 Å². The van der Waals surface area contributed by atoms with Crippen LogP contribution >= 0.6 is 0 Å². The Morgan fingerprint density at radius 1 is 0.710 bits per heavy atom. The molecule has 0 aliphatic carbocycles. The minimum atomic E-state index is -0.691. The molecule has 0 rings (SSSR count). The molecule has 186 valence electrons. The normalized spacial score (nSPS) is 16.5. The van der Waals surface area contributed by atoms with Crippen LogP contribution in [0.15, 0.2) is 0 Å². The van der Waals surface area contributed by atoms with Crippen molar-refractivity contribution in [3.8, 4) is 0 Å². The lowest BCUT2D eigenvalue weighted by atomic mass is 9.75. The molecule has 4 nitrogen and oxygen atoms in total. The first-order valence-corrected chi connectivity index (χ1v) is 13.1. The van der Waals surface area contributed by atoms with Gasteiger partial charge in [-0.3, -0.25) is 4.89 Å². The minimum Gasteiger partial charge on any atom is -0.428 e. The average molecular weight is 443 g/mol. The van der Waals surface area contributed by atoms with Crippen molar-refractivity contribution in [3.05, 3.63) is 0 Å². The first kappa shape index (κ1) is 30.2. The second kappa shape index (κ2) is 15.1. The highest BCUT2D eigenvalue weighted by atomic mass is 17.2. The maximum atomic E-state index is 12.8. The first-order chi connectivity index (χ1) is 14.5. The molecule has 0 aromatic rings. The molecule has 0 aromatic heterocycles. The number of carbonyl (C=O) groups excluding carboxylic acids is 1. The van der Waals surface area contributed by atoms with E-state index in [1.54, 1.807) is 0 Å². The molecule has 0 heterocycles. The molecule has 4 heteroatoms. The third kappa shape index (κ3) is 10.1.